The number of hydrogen-bond donors (Lipinski definition) is 1. The van der Waals surface area contributed by atoms with Gasteiger partial charge in [-0.2, -0.15) is 0 Å². The second-order valence-corrected chi connectivity index (χ2v) is 6.11. The molecule has 0 atom stereocenters. The fourth-order valence-corrected chi connectivity index (χ4v) is 3.34. The second-order valence-electron chi connectivity index (χ2n) is 4.24. The van der Waals surface area contributed by atoms with Gasteiger partial charge in [-0.15, -0.1) is 21.5 Å². The zero-order valence-corrected chi connectivity index (χ0v) is 13.9. The van der Waals surface area contributed by atoms with Crippen LogP contribution in [0.3, 0.4) is 0 Å². The van der Waals surface area contributed by atoms with Crippen molar-refractivity contribution >= 4 is 33.7 Å². The van der Waals surface area contributed by atoms with Crippen molar-refractivity contribution in [1.82, 2.24) is 15.2 Å². The molecule has 0 saturated carbocycles. The highest BCUT2D eigenvalue weighted by molar-refractivity contribution is 7.22. The van der Waals surface area contributed by atoms with Crippen LogP contribution in [0.2, 0.25) is 0 Å². The average Bonchev–Trinajstić information content (AvgIpc) is 3.25. The van der Waals surface area contributed by atoms with Crippen LogP contribution < -0.4 is 14.8 Å². The fraction of sp³-hybridized carbons (Fsp3) is 0.143. The van der Waals surface area contributed by atoms with Crippen LogP contribution in [0, 0.1) is 0 Å². The Labute approximate surface area is 139 Å². The summed E-state index contributed by atoms with van der Waals surface area (Å²) in [5.74, 6) is 0.471. The van der Waals surface area contributed by atoms with Gasteiger partial charge >= 0.3 is 0 Å². The number of ether oxygens (including phenoxy) is 2. The Hall–Kier alpha value is -2.52. The summed E-state index contributed by atoms with van der Waals surface area (Å²) in [5.41, 5.74) is 0.309. The van der Waals surface area contributed by atoms with E-state index in [4.69, 9.17) is 9.47 Å². The van der Waals surface area contributed by atoms with E-state index in [2.05, 4.69) is 20.5 Å². The minimum absolute atomic E-state index is 0.309. The maximum atomic E-state index is 12.5. The zero-order chi connectivity index (χ0) is 16.2. The molecule has 3 aromatic rings. The van der Waals surface area contributed by atoms with Gasteiger partial charge in [-0.1, -0.05) is 17.4 Å². The molecule has 0 bridgehead atoms. The third-order valence-electron chi connectivity index (χ3n) is 2.92. The largest absolute Gasteiger partial charge is 0.496 e. The van der Waals surface area contributed by atoms with Crippen LogP contribution in [-0.2, 0) is 0 Å². The molecule has 0 aliphatic rings. The first-order valence-electron chi connectivity index (χ1n) is 6.48. The Bertz CT molecular complexity index is 795. The van der Waals surface area contributed by atoms with Gasteiger partial charge in [-0.3, -0.25) is 10.1 Å². The lowest BCUT2D eigenvalue weighted by atomic mass is 10.1. The number of methoxy groups -OCH3 is 2. The van der Waals surface area contributed by atoms with Gasteiger partial charge in [-0.05, 0) is 12.1 Å². The zero-order valence-electron chi connectivity index (χ0n) is 12.3. The Balaban J connectivity index is 1.85. The first-order chi connectivity index (χ1) is 11.2. The molecule has 0 saturated heterocycles. The highest BCUT2D eigenvalue weighted by Gasteiger charge is 2.20. The average molecular weight is 348 g/mol. The molecule has 3 rings (SSSR count). The summed E-state index contributed by atoms with van der Waals surface area (Å²) < 4.78 is 10.5. The summed E-state index contributed by atoms with van der Waals surface area (Å²) in [5, 5.41) is 14.4. The highest BCUT2D eigenvalue weighted by atomic mass is 32.1. The summed E-state index contributed by atoms with van der Waals surface area (Å²) in [4.78, 5) is 16.7. The highest BCUT2D eigenvalue weighted by Crippen LogP contribution is 2.31. The monoisotopic (exact) mass is 348 g/mol. The van der Waals surface area contributed by atoms with Gasteiger partial charge < -0.3 is 9.47 Å². The van der Waals surface area contributed by atoms with Crippen LogP contribution in [0.25, 0.3) is 10.0 Å². The van der Waals surface area contributed by atoms with Gasteiger partial charge in [0.25, 0.3) is 5.91 Å². The molecule has 2 heterocycles. The predicted molar refractivity (Wildman–Crippen MR) is 88.5 cm³/mol. The normalized spacial score (nSPS) is 10.3. The molecule has 0 aliphatic heterocycles. The number of hydrogen-bond acceptors (Lipinski definition) is 8. The molecular weight excluding hydrogens is 336 g/mol. The van der Waals surface area contributed by atoms with Gasteiger partial charge in [0.1, 0.15) is 17.1 Å². The van der Waals surface area contributed by atoms with E-state index in [1.54, 1.807) is 24.4 Å². The van der Waals surface area contributed by atoms with Crippen molar-refractivity contribution in [2.24, 2.45) is 0 Å². The SMILES string of the molecule is COc1cccc(OC)c1C(=O)Nc1nnc(-c2nccs2)s1. The molecule has 1 N–H and O–H groups in total. The number of nitrogens with one attached hydrogen (secondary N) is 1. The van der Waals surface area contributed by atoms with Crippen LogP contribution in [0.15, 0.2) is 29.8 Å². The van der Waals surface area contributed by atoms with Gasteiger partial charge in [0, 0.05) is 11.6 Å². The van der Waals surface area contributed by atoms with Crippen LogP contribution in [0.4, 0.5) is 5.13 Å². The van der Waals surface area contributed by atoms with E-state index >= 15 is 0 Å². The van der Waals surface area contributed by atoms with Gasteiger partial charge in [0.2, 0.25) is 5.13 Å². The third-order valence-corrected chi connectivity index (χ3v) is 4.67. The Morgan fingerprint density at radius 3 is 2.48 bits per heavy atom. The minimum atomic E-state index is -0.374. The number of rotatable bonds is 5. The number of aromatic nitrogens is 3. The van der Waals surface area contributed by atoms with Gasteiger partial charge in [0.05, 0.1) is 14.2 Å². The lowest BCUT2D eigenvalue weighted by molar-refractivity contribution is 0.102. The van der Waals surface area contributed by atoms with Gasteiger partial charge in [-0.25, -0.2) is 4.98 Å². The van der Waals surface area contributed by atoms with Crippen LogP contribution in [-0.4, -0.2) is 35.3 Å². The molecule has 0 unspecified atom stereocenters. The summed E-state index contributed by atoms with van der Waals surface area (Å²) in [6, 6.07) is 5.14. The molecule has 9 heteroatoms. The molecule has 0 spiro atoms. The molecule has 0 fully saturated rings. The first kappa shape index (κ1) is 15.4. The summed E-state index contributed by atoms with van der Waals surface area (Å²) in [6.07, 6.45) is 1.69. The van der Waals surface area contributed by atoms with E-state index in [9.17, 15) is 4.79 Å². The lowest BCUT2D eigenvalue weighted by Crippen LogP contribution is -2.14. The molecule has 23 heavy (non-hydrogen) atoms. The maximum absolute atomic E-state index is 12.5. The Kier molecular flexibility index (Phi) is 4.49. The molecule has 118 valence electrons. The van der Waals surface area contributed by atoms with Crippen LogP contribution >= 0.6 is 22.7 Å². The Morgan fingerprint density at radius 1 is 1.13 bits per heavy atom. The summed E-state index contributed by atoms with van der Waals surface area (Å²) >= 11 is 2.71. The van der Waals surface area contributed by atoms with Crippen LogP contribution in [0.1, 0.15) is 10.4 Å². The van der Waals surface area contributed by atoms with E-state index in [1.807, 2.05) is 5.38 Å². The molecule has 0 radical (unpaired) electrons. The standard InChI is InChI=1S/C14H12N4O3S2/c1-20-8-4-3-5-9(21-2)10(8)11(19)16-14-18-17-13(23-14)12-15-6-7-22-12/h3-7H,1-2H3,(H,16,18,19). The molecule has 1 aromatic carbocycles. The van der Waals surface area contributed by atoms with Crippen LogP contribution in [0.5, 0.6) is 11.5 Å². The minimum Gasteiger partial charge on any atom is -0.496 e. The topological polar surface area (TPSA) is 86.2 Å². The fourth-order valence-electron chi connectivity index (χ4n) is 1.92. The van der Waals surface area contributed by atoms with Crippen molar-refractivity contribution in [2.75, 3.05) is 19.5 Å². The number of nitrogens with zero attached hydrogens (tertiary/aromatic N) is 3. The van der Waals surface area contributed by atoms with E-state index < -0.39 is 0 Å². The molecular formula is C14H12N4O3S2. The van der Waals surface area contributed by atoms with E-state index in [-0.39, 0.29) is 5.91 Å². The summed E-state index contributed by atoms with van der Waals surface area (Å²) in [7, 11) is 2.99. The molecule has 2 aromatic heterocycles. The van der Waals surface area contributed by atoms with E-state index in [1.165, 1.54) is 36.9 Å². The number of benzene rings is 1. The number of carbonyl (C=O) groups excluding carboxylic acids is 1. The first-order valence-corrected chi connectivity index (χ1v) is 8.18. The quantitative estimate of drug-likeness (QED) is 0.763. The van der Waals surface area contributed by atoms with Crippen molar-refractivity contribution in [1.29, 1.82) is 0 Å². The molecule has 0 aliphatic carbocycles. The van der Waals surface area contributed by atoms with Gasteiger partial charge in [0.15, 0.2) is 10.0 Å². The summed E-state index contributed by atoms with van der Waals surface area (Å²) in [6.45, 7) is 0. The maximum Gasteiger partial charge on any atom is 0.265 e. The van der Waals surface area contributed by atoms with Crippen molar-refractivity contribution < 1.29 is 14.3 Å². The van der Waals surface area contributed by atoms with E-state index in [0.717, 1.165) is 5.01 Å². The number of anilines is 1. The third kappa shape index (κ3) is 3.15. The smallest absolute Gasteiger partial charge is 0.265 e. The predicted octanol–water partition coefficient (Wildman–Crippen LogP) is 2.93. The van der Waals surface area contributed by atoms with E-state index in [0.29, 0.717) is 27.2 Å². The van der Waals surface area contributed by atoms with Crippen molar-refractivity contribution in [3.8, 4) is 21.5 Å². The number of thiazole rings is 1. The van der Waals surface area contributed by atoms with Crippen molar-refractivity contribution in [3.05, 3.63) is 35.3 Å². The second kappa shape index (κ2) is 6.71. The molecule has 1 amide bonds. The lowest BCUT2D eigenvalue weighted by Gasteiger charge is -2.11. The molecule has 7 nitrogen and oxygen atoms in total. The van der Waals surface area contributed by atoms with Crippen molar-refractivity contribution in [3.63, 3.8) is 0 Å². The number of amides is 1. The number of carbonyl (C=O) groups is 1. The Morgan fingerprint density at radius 2 is 1.87 bits per heavy atom. The van der Waals surface area contributed by atoms with Crippen molar-refractivity contribution in [2.45, 2.75) is 0 Å².